The van der Waals surface area contributed by atoms with Crippen molar-refractivity contribution in [2.45, 2.75) is 39.2 Å². The Morgan fingerprint density at radius 3 is 2.92 bits per heavy atom. The molecule has 1 fully saturated rings. The van der Waals surface area contributed by atoms with Gasteiger partial charge < -0.3 is 5.32 Å². The van der Waals surface area contributed by atoms with Gasteiger partial charge in [0.2, 0.25) is 0 Å². The van der Waals surface area contributed by atoms with E-state index in [0.29, 0.717) is 0 Å². The van der Waals surface area contributed by atoms with E-state index in [0.717, 1.165) is 18.1 Å². The summed E-state index contributed by atoms with van der Waals surface area (Å²) in [6, 6.07) is 0. The van der Waals surface area contributed by atoms with Crippen LogP contribution in [0, 0.1) is 0 Å². The number of aliphatic imine (C=N–C) groups is 1. The molecular formula is C9H18N2S. The predicted molar refractivity (Wildman–Crippen MR) is 56.9 cm³/mol. The minimum Gasteiger partial charge on any atom is -0.360 e. The zero-order valence-electron chi connectivity index (χ0n) is 8.18. The lowest BCUT2D eigenvalue weighted by Gasteiger charge is -2.32. The molecule has 0 atom stereocenters. The van der Waals surface area contributed by atoms with E-state index in [-0.39, 0.29) is 5.54 Å². The van der Waals surface area contributed by atoms with Crippen molar-refractivity contribution in [3.63, 3.8) is 0 Å². The van der Waals surface area contributed by atoms with Gasteiger partial charge in [-0.15, -0.1) is 0 Å². The number of rotatable bonds is 2. The summed E-state index contributed by atoms with van der Waals surface area (Å²) in [5, 5.41) is 4.57. The summed E-state index contributed by atoms with van der Waals surface area (Å²) in [5.41, 5.74) is 0.248. The second-order valence-electron chi connectivity index (χ2n) is 3.79. The average molecular weight is 186 g/mol. The number of nitrogens with one attached hydrogen (secondary N) is 1. The molecule has 3 heteroatoms. The van der Waals surface area contributed by atoms with Gasteiger partial charge in [0.1, 0.15) is 0 Å². The van der Waals surface area contributed by atoms with Crippen LogP contribution in [0.15, 0.2) is 4.99 Å². The Labute approximate surface area is 79.2 Å². The van der Waals surface area contributed by atoms with Gasteiger partial charge in [0.15, 0.2) is 5.17 Å². The van der Waals surface area contributed by atoms with Gasteiger partial charge in [-0.3, -0.25) is 4.99 Å². The minimum atomic E-state index is 0.248. The summed E-state index contributed by atoms with van der Waals surface area (Å²) in [7, 11) is 0. The summed E-state index contributed by atoms with van der Waals surface area (Å²) in [6.45, 7) is 7.57. The molecule has 0 amide bonds. The molecule has 1 aliphatic heterocycles. The summed E-state index contributed by atoms with van der Waals surface area (Å²) in [5.74, 6) is 1.20. The van der Waals surface area contributed by atoms with Gasteiger partial charge in [0.05, 0.1) is 0 Å². The van der Waals surface area contributed by atoms with Crippen molar-refractivity contribution in [2.75, 3.05) is 12.3 Å². The largest absolute Gasteiger partial charge is 0.360 e. The molecule has 1 rings (SSSR count). The Kier molecular flexibility index (Phi) is 3.44. The van der Waals surface area contributed by atoms with E-state index < -0.39 is 0 Å². The summed E-state index contributed by atoms with van der Waals surface area (Å²) in [4.78, 5) is 4.47. The second kappa shape index (κ2) is 4.17. The molecule has 0 unspecified atom stereocenters. The maximum atomic E-state index is 4.47. The van der Waals surface area contributed by atoms with Crippen LogP contribution in [0.5, 0.6) is 0 Å². The Morgan fingerprint density at radius 2 is 2.33 bits per heavy atom. The molecule has 0 aromatic rings. The van der Waals surface area contributed by atoms with E-state index in [9.17, 15) is 0 Å². The fourth-order valence-electron chi connectivity index (χ4n) is 1.09. The van der Waals surface area contributed by atoms with Crippen LogP contribution >= 0.6 is 11.8 Å². The third-order valence-electron chi connectivity index (χ3n) is 1.89. The molecule has 0 saturated carbocycles. The van der Waals surface area contributed by atoms with Gasteiger partial charge in [0.25, 0.3) is 0 Å². The number of hydrogen-bond donors (Lipinski definition) is 1. The first-order valence-electron chi connectivity index (χ1n) is 4.59. The van der Waals surface area contributed by atoms with Crippen molar-refractivity contribution in [3.8, 4) is 0 Å². The van der Waals surface area contributed by atoms with E-state index in [4.69, 9.17) is 0 Å². The van der Waals surface area contributed by atoms with Crippen molar-refractivity contribution in [1.82, 2.24) is 5.32 Å². The highest BCUT2D eigenvalue weighted by Gasteiger charge is 2.23. The van der Waals surface area contributed by atoms with Crippen molar-refractivity contribution in [2.24, 2.45) is 4.99 Å². The highest BCUT2D eigenvalue weighted by Crippen LogP contribution is 2.21. The normalized spacial score (nSPS) is 25.4. The molecule has 1 aliphatic rings. The standard InChI is InChI=1S/C9H18N2S/c1-4-6-10-8-11-9(2,3)5-7-12-8/h4-7H2,1-3H3,(H,10,11). The summed E-state index contributed by atoms with van der Waals surface area (Å²) < 4.78 is 0. The monoisotopic (exact) mass is 186 g/mol. The topological polar surface area (TPSA) is 24.4 Å². The number of amidine groups is 1. The molecule has 0 bridgehead atoms. The molecule has 12 heavy (non-hydrogen) atoms. The van der Waals surface area contributed by atoms with Crippen LogP contribution in [0.2, 0.25) is 0 Å². The van der Waals surface area contributed by atoms with Gasteiger partial charge in [-0.1, -0.05) is 18.7 Å². The van der Waals surface area contributed by atoms with Crippen molar-refractivity contribution >= 4 is 16.9 Å². The van der Waals surface area contributed by atoms with Gasteiger partial charge >= 0.3 is 0 Å². The van der Waals surface area contributed by atoms with Crippen LogP contribution in [-0.2, 0) is 0 Å². The molecule has 0 aromatic heterocycles. The Morgan fingerprint density at radius 1 is 1.58 bits per heavy atom. The van der Waals surface area contributed by atoms with Crippen LogP contribution in [0.4, 0.5) is 0 Å². The maximum Gasteiger partial charge on any atom is 0.156 e. The molecule has 1 N–H and O–H groups in total. The SMILES string of the molecule is CCCN=C1NC(C)(C)CCS1. The predicted octanol–water partition coefficient (Wildman–Crippen LogP) is 2.26. The van der Waals surface area contributed by atoms with E-state index in [1.165, 1.54) is 12.2 Å². The lowest BCUT2D eigenvalue weighted by atomic mass is 10.0. The molecule has 70 valence electrons. The smallest absolute Gasteiger partial charge is 0.156 e. The van der Waals surface area contributed by atoms with E-state index >= 15 is 0 Å². The van der Waals surface area contributed by atoms with Gasteiger partial charge in [-0.25, -0.2) is 0 Å². The van der Waals surface area contributed by atoms with Gasteiger partial charge in [0, 0.05) is 17.8 Å². The summed E-state index contributed by atoms with van der Waals surface area (Å²) >= 11 is 1.84. The Bertz CT molecular complexity index is 175. The number of nitrogens with zero attached hydrogens (tertiary/aromatic N) is 1. The fraction of sp³-hybridized carbons (Fsp3) is 0.889. The molecule has 1 heterocycles. The van der Waals surface area contributed by atoms with Gasteiger partial charge in [-0.2, -0.15) is 0 Å². The van der Waals surface area contributed by atoms with Crippen LogP contribution in [0.3, 0.4) is 0 Å². The van der Waals surface area contributed by atoms with Crippen molar-refractivity contribution in [1.29, 1.82) is 0 Å². The van der Waals surface area contributed by atoms with E-state index in [1.807, 2.05) is 11.8 Å². The molecule has 0 aliphatic carbocycles. The van der Waals surface area contributed by atoms with Crippen LogP contribution in [-0.4, -0.2) is 23.0 Å². The minimum absolute atomic E-state index is 0.248. The average Bonchev–Trinajstić information content (AvgIpc) is 1.99. The second-order valence-corrected chi connectivity index (χ2v) is 4.88. The Balaban J connectivity index is 2.46. The quantitative estimate of drug-likeness (QED) is 0.715. The van der Waals surface area contributed by atoms with Crippen LogP contribution in [0.25, 0.3) is 0 Å². The molecular weight excluding hydrogens is 168 g/mol. The maximum absolute atomic E-state index is 4.47. The Hall–Kier alpha value is -0.180. The molecule has 1 saturated heterocycles. The van der Waals surface area contributed by atoms with Crippen molar-refractivity contribution in [3.05, 3.63) is 0 Å². The summed E-state index contributed by atoms with van der Waals surface area (Å²) in [6.07, 6.45) is 2.36. The molecule has 2 nitrogen and oxygen atoms in total. The van der Waals surface area contributed by atoms with Gasteiger partial charge in [-0.05, 0) is 26.7 Å². The highest BCUT2D eigenvalue weighted by molar-refractivity contribution is 8.13. The third-order valence-corrected chi connectivity index (χ3v) is 2.80. The first-order chi connectivity index (χ1) is 5.64. The third kappa shape index (κ3) is 3.05. The molecule has 0 spiro atoms. The lowest BCUT2D eigenvalue weighted by molar-refractivity contribution is 0.446. The highest BCUT2D eigenvalue weighted by atomic mass is 32.2. The number of hydrogen-bond acceptors (Lipinski definition) is 2. The zero-order valence-corrected chi connectivity index (χ0v) is 9.00. The fourth-order valence-corrected chi connectivity index (χ4v) is 2.43. The number of thioether (sulfide) groups is 1. The van der Waals surface area contributed by atoms with Crippen LogP contribution in [0.1, 0.15) is 33.6 Å². The van der Waals surface area contributed by atoms with E-state index in [1.54, 1.807) is 0 Å². The molecule has 0 aromatic carbocycles. The van der Waals surface area contributed by atoms with Crippen LogP contribution < -0.4 is 5.32 Å². The van der Waals surface area contributed by atoms with Crippen molar-refractivity contribution < 1.29 is 0 Å². The lowest BCUT2D eigenvalue weighted by Crippen LogP contribution is -2.46. The van der Waals surface area contributed by atoms with E-state index in [2.05, 4.69) is 31.1 Å². The first kappa shape index (κ1) is 9.90. The zero-order chi connectivity index (χ0) is 9.03. The molecule has 0 radical (unpaired) electrons. The first-order valence-corrected chi connectivity index (χ1v) is 5.58.